The van der Waals surface area contributed by atoms with Crippen LogP contribution in [0.5, 0.6) is 0 Å². The monoisotopic (exact) mass is 419 g/mol. The zero-order chi connectivity index (χ0) is 20.7. The number of aromatic nitrogens is 4. The predicted molar refractivity (Wildman–Crippen MR) is 112 cm³/mol. The van der Waals surface area contributed by atoms with Gasteiger partial charge in [0.05, 0.1) is 6.54 Å². The molecule has 0 spiro atoms. The van der Waals surface area contributed by atoms with E-state index < -0.39 is 0 Å². The molecule has 5 rings (SSSR count). The van der Waals surface area contributed by atoms with Gasteiger partial charge in [-0.2, -0.15) is 0 Å². The second-order valence-corrected chi connectivity index (χ2v) is 8.09. The second kappa shape index (κ2) is 7.46. The first-order valence-corrected chi connectivity index (χ1v) is 10.5. The third-order valence-electron chi connectivity index (χ3n) is 5.16. The topological polar surface area (TPSA) is 63.9 Å². The van der Waals surface area contributed by atoms with Crippen molar-refractivity contribution in [3.05, 3.63) is 76.7 Å². The van der Waals surface area contributed by atoms with Crippen LogP contribution in [0.4, 0.5) is 4.39 Å². The molecule has 1 aliphatic heterocycles. The van der Waals surface area contributed by atoms with Crippen LogP contribution in [-0.4, -0.2) is 37.1 Å². The first-order valence-electron chi connectivity index (χ1n) is 9.58. The normalized spacial score (nSPS) is 13.3. The number of hydrogen-bond donors (Lipinski definition) is 0. The van der Waals surface area contributed by atoms with Gasteiger partial charge < -0.3 is 9.47 Å². The molecule has 3 heterocycles. The van der Waals surface area contributed by atoms with Gasteiger partial charge in [0.25, 0.3) is 5.91 Å². The fourth-order valence-corrected chi connectivity index (χ4v) is 4.31. The summed E-state index contributed by atoms with van der Waals surface area (Å²) in [4.78, 5) is 19.2. The highest BCUT2D eigenvalue weighted by Crippen LogP contribution is 2.29. The van der Waals surface area contributed by atoms with Gasteiger partial charge in [0, 0.05) is 29.6 Å². The first-order chi connectivity index (χ1) is 14.6. The lowest BCUT2D eigenvalue weighted by molar-refractivity contribution is 0.0708. The highest BCUT2D eigenvalue weighted by molar-refractivity contribution is 7.13. The number of aryl methyl sites for hydroxylation is 1. The van der Waals surface area contributed by atoms with Gasteiger partial charge in [-0.05, 0) is 31.2 Å². The van der Waals surface area contributed by atoms with Crippen molar-refractivity contribution >= 4 is 17.2 Å². The number of thiazole rings is 1. The number of hydrogen-bond acceptors (Lipinski definition) is 5. The fraction of sp³-hybridized carbons (Fsp3) is 0.182. The minimum Gasteiger partial charge on any atom is -0.329 e. The van der Waals surface area contributed by atoms with Gasteiger partial charge in [-0.25, -0.2) is 9.37 Å². The third-order valence-corrected chi connectivity index (χ3v) is 6.05. The molecule has 0 saturated heterocycles. The molecule has 1 aliphatic rings. The molecule has 4 aromatic rings. The molecule has 30 heavy (non-hydrogen) atoms. The molecule has 8 heteroatoms. The van der Waals surface area contributed by atoms with Crippen molar-refractivity contribution in [1.82, 2.24) is 24.6 Å². The summed E-state index contributed by atoms with van der Waals surface area (Å²) in [6, 6.07) is 13.9. The maximum absolute atomic E-state index is 13.1. The standard InChI is InChI=1S/C22H18FN5OS/c1-14-2-4-15(5-3-14)21-24-18(13-30-21)20-26-25-19-12-27(10-11-28(19)20)22(29)16-6-8-17(23)9-7-16/h2-9,13H,10-12H2,1H3. The Kier molecular flexibility index (Phi) is 4.63. The Morgan fingerprint density at radius 3 is 2.57 bits per heavy atom. The molecule has 0 radical (unpaired) electrons. The fourth-order valence-electron chi connectivity index (χ4n) is 3.50. The van der Waals surface area contributed by atoms with E-state index in [0.717, 1.165) is 22.1 Å². The number of nitrogens with zero attached hydrogens (tertiary/aromatic N) is 5. The molecule has 2 aromatic carbocycles. The highest BCUT2D eigenvalue weighted by Gasteiger charge is 2.26. The van der Waals surface area contributed by atoms with Gasteiger partial charge in [-0.15, -0.1) is 21.5 Å². The quantitative estimate of drug-likeness (QED) is 0.500. The van der Waals surface area contributed by atoms with E-state index in [2.05, 4.69) is 41.4 Å². The Balaban J connectivity index is 1.37. The molecule has 0 unspecified atom stereocenters. The van der Waals surface area contributed by atoms with E-state index in [-0.39, 0.29) is 11.7 Å². The van der Waals surface area contributed by atoms with E-state index in [1.165, 1.54) is 29.8 Å². The maximum Gasteiger partial charge on any atom is 0.254 e. The number of rotatable bonds is 3. The molecule has 0 saturated carbocycles. The Bertz CT molecular complexity index is 1210. The van der Waals surface area contributed by atoms with E-state index >= 15 is 0 Å². The lowest BCUT2D eigenvalue weighted by Crippen LogP contribution is -2.38. The Hall–Kier alpha value is -3.39. The summed E-state index contributed by atoms with van der Waals surface area (Å²) in [5.41, 5.74) is 3.53. The Labute approximate surface area is 176 Å². The Morgan fingerprint density at radius 2 is 1.80 bits per heavy atom. The molecule has 2 aromatic heterocycles. The zero-order valence-corrected chi connectivity index (χ0v) is 17.1. The molecule has 6 nitrogen and oxygen atoms in total. The highest BCUT2D eigenvalue weighted by atomic mass is 32.1. The van der Waals surface area contributed by atoms with Crippen LogP contribution in [0.1, 0.15) is 21.7 Å². The van der Waals surface area contributed by atoms with Crippen LogP contribution in [0.15, 0.2) is 53.9 Å². The van der Waals surface area contributed by atoms with Gasteiger partial charge in [-0.1, -0.05) is 29.8 Å². The summed E-state index contributed by atoms with van der Waals surface area (Å²) in [5.74, 6) is 0.939. The number of carbonyl (C=O) groups is 1. The van der Waals surface area contributed by atoms with Gasteiger partial charge in [0.1, 0.15) is 16.5 Å². The van der Waals surface area contributed by atoms with E-state index in [9.17, 15) is 9.18 Å². The van der Waals surface area contributed by atoms with Crippen molar-refractivity contribution in [3.63, 3.8) is 0 Å². The largest absolute Gasteiger partial charge is 0.329 e. The van der Waals surface area contributed by atoms with E-state index in [0.29, 0.717) is 31.0 Å². The predicted octanol–water partition coefficient (Wildman–Crippen LogP) is 4.17. The van der Waals surface area contributed by atoms with Crippen LogP contribution in [0, 0.1) is 12.7 Å². The zero-order valence-electron chi connectivity index (χ0n) is 16.2. The number of fused-ring (bicyclic) bond motifs is 1. The van der Waals surface area contributed by atoms with Crippen molar-refractivity contribution in [2.24, 2.45) is 0 Å². The van der Waals surface area contributed by atoms with E-state index in [4.69, 9.17) is 4.98 Å². The number of benzene rings is 2. The number of carbonyl (C=O) groups excluding carboxylic acids is 1. The summed E-state index contributed by atoms with van der Waals surface area (Å²) in [6.07, 6.45) is 0. The summed E-state index contributed by atoms with van der Waals surface area (Å²) in [5, 5.41) is 11.6. The van der Waals surface area contributed by atoms with E-state index in [1.54, 1.807) is 16.2 Å². The second-order valence-electron chi connectivity index (χ2n) is 7.23. The Morgan fingerprint density at radius 1 is 1.03 bits per heavy atom. The molecule has 0 aliphatic carbocycles. The molecular weight excluding hydrogens is 401 g/mol. The average Bonchev–Trinajstić information content (AvgIpc) is 3.41. The van der Waals surface area contributed by atoms with Crippen molar-refractivity contribution < 1.29 is 9.18 Å². The number of halogens is 1. The van der Waals surface area contributed by atoms with Crippen LogP contribution in [0.25, 0.3) is 22.1 Å². The minimum absolute atomic E-state index is 0.138. The van der Waals surface area contributed by atoms with Gasteiger partial charge in [0.2, 0.25) is 0 Å². The van der Waals surface area contributed by atoms with Gasteiger partial charge in [-0.3, -0.25) is 4.79 Å². The average molecular weight is 419 g/mol. The van der Waals surface area contributed by atoms with Crippen LogP contribution >= 0.6 is 11.3 Å². The van der Waals surface area contributed by atoms with Crippen LogP contribution in [0.3, 0.4) is 0 Å². The van der Waals surface area contributed by atoms with Gasteiger partial charge in [0.15, 0.2) is 11.6 Å². The molecule has 0 atom stereocenters. The lowest BCUT2D eigenvalue weighted by atomic mass is 10.2. The SMILES string of the molecule is Cc1ccc(-c2nc(-c3nnc4n3CCN(C(=O)c3ccc(F)cc3)C4)cs2)cc1. The van der Waals surface area contributed by atoms with Crippen molar-refractivity contribution in [3.8, 4) is 22.1 Å². The van der Waals surface area contributed by atoms with Crippen LogP contribution < -0.4 is 0 Å². The molecule has 0 fully saturated rings. The van der Waals surface area contributed by atoms with Crippen molar-refractivity contribution in [2.45, 2.75) is 20.0 Å². The molecule has 0 bridgehead atoms. The smallest absolute Gasteiger partial charge is 0.254 e. The molecule has 1 amide bonds. The third kappa shape index (κ3) is 3.39. The summed E-state index contributed by atoms with van der Waals surface area (Å²) < 4.78 is 15.1. The van der Waals surface area contributed by atoms with Crippen molar-refractivity contribution in [2.75, 3.05) is 6.54 Å². The lowest BCUT2D eigenvalue weighted by Gasteiger charge is -2.27. The van der Waals surface area contributed by atoms with Crippen molar-refractivity contribution in [1.29, 1.82) is 0 Å². The van der Waals surface area contributed by atoms with Gasteiger partial charge >= 0.3 is 0 Å². The minimum atomic E-state index is -0.358. The maximum atomic E-state index is 13.1. The summed E-state index contributed by atoms with van der Waals surface area (Å²) in [6.45, 7) is 3.53. The molecule has 150 valence electrons. The summed E-state index contributed by atoms with van der Waals surface area (Å²) in [7, 11) is 0. The van der Waals surface area contributed by atoms with Crippen LogP contribution in [0.2, 0.25) is 0 Å². The molecule has 0 N–H and O–H groups in total. The van der Waals surface area contributed by atoms with E-state index in [1.807, 2.05) is 9.95 Å². The molecular formula is C22H18FN5OS. The van der Waals surface area contributed by atoms with Crippen LogP contribution in [-0.2, 0) is 13.1 Å². The number of amides is 1. The summed E-state index contributed by atoms with van der Waals surface area (Å²) >= 11 is 1.57. The first kappa shape index (κ1) is 18.6.